The Kier molecular flexibility index (Phi) is 3.95. The Labute approximate surface area is 113 Å². The van der Waals surface area contributed by atoms with Crippen LogP contribution in [0.2, 0.25) is 0 Å². The van der Waals surface area contributed by atoms with Gasteiger partial charge >= 0.3 is 0 Å². The van der Waals surface area contributed by atoms with Crippen molar-refractivity contribution in [1.82, 2.24) is 0 Å². The van der Waals surface area contributed by atoms with E-state index in [1.54, 1.807) is 0 Å². The highest BCUT2D eigenvalue weighted by Crippen LogP contribution is 2.26. The van der Waals surface area contributed by atoms with Crippen LogP contribution in [0.15, 0.2) is 18.2 Å². The lowest BCUT2D eigenvalue weighted by Gasteiger charge is -2.24. The van der Waals surface area contributed by atoms with Crippen molar-refractivity contribution in [3.8, 4) is 0 Å². The summed E-state index contributed by atoms with van der Waals surface area (Å²) in [7, 11) is 0. The molecule has 0 amide bonds. The predicted molar refractivity (Wildman–Crippen MR) is 72.1 cm³/mol. The molecule has 0 N–H and O–H groups in total. The summed E-state index contributed by atoms with van der Waals surface area (Å²) >= 11 is 0. The molecular weight excluding hydrogens is 240 g/mol. The Morgan fingerprint density at radius 3 is 3.00 bits per heavy atom. The lowest BCUT2D eigenvalue weighted by Crippen LogP contribution is -2.23. The SMILES string of the molecule is O=C1CCCc2cccc(COC3CCCCO3)c21. The molecule has 1 aliphatic carbocycles. The minimum Gasteiger partial charge on any atom is -0.353 e. The minimum absolute atomic E-state index is 0.0942. The summed E-state index contributed by atoms with van der Waals surface area (Å²) in [6.07, 6.45) is 5.81. The summed E-state index contributed by atoms with van der Waals surface area (Å²) in [5.41, 5.74) is 3.11. The molecule has 3 rings (SSSR count). The molecule has 0 bridgehead atoms. The Hall–Kier alpha value is -1.19. The maximum absolute atomic E-state index is 12.1. The normalized spacial score (nSPS) is 23.2. The van der Waals surface area contributed by atoms with Crippen molar-refractivity contribution < 1.29 is 14.3 Å². The molecule has 0 saturated carbocycles. The first-order valence-electron chi connectivity index (χ1n) is 7.22. The quantitative estimate of drug-likeness (QED) is 0.837. The van der Waals surface area contributed by atoms with Crippen LogP contribution in [0.25, 0.3) is 0 Å². The van der Waals surface area contributed by atoms with Crippen molar-refractivity contribution in [2.75, 3.05) is 6.61 Å². The average Bonchev–Trinajstić information content (AvgIpc) is 2.46. The van der Waals surface area contributed by atoms with E-state index in [4.69, 9.17) is 9.47 Å². The molecule has 1 saturated heterocycles. The van der Waals surface area contributed by atoms with Gasteiger partial charge in [0.15, 0.2) is 12.1 Å². The smallest absolute Gasteiger partial charge is 0.163 e. The third-order valence-electron chi connectivity index (χ3n) is 3.93. The molecule has 0 aromatic heterocycles. The third kappa shape index (κ3) is 2.88. The van der Waals surface area contributed by atoms with Crippen LogP contribution in [-0.4, -0.2) is 18.7 Å². The molecule has 19 heavy (non-hydrogen) atoms. The standard InChI is InChI=1S/C16H20O3/c17-14-8-4-6-12-5-3-7-13(16(12)14)11-19-15-9-1-2-10-18-15/h3,5,7,15H,1-2,4,6,8-11H2. The van der Waals surface area contributed by atoms with Crippen molar-refractivity contribution in [3.05, 3.63) is 34.9 Å². The number of hydrogen-bond acceptors (Lipinski definition) is 3. The minimum atomic E-state index is -0.0942. The van der Waals surface area contributed by atoms with Crippen LogP contribution in [0.3, 0.4) is 0 Å². The fourth-order valence-corrected chi connectivity index (χ4v) is 2.93. The fraction of sp³-hybridized carbons (Fsp3) is 0.562. The fourth-order valence-electron chi connectivity index (χ4n) is 2.93. The molecule has 2 aliphatic rings. The maximum atomic E-state index is 12.1. The number of rotatable bonds is 3. The van der Waals surface area contributed by atoms with Crippen molar-refractivity contribution in [2.45, 2.75) is 51.4 Å². The Bertz CT molecular complexity index is 461. The summed E-state index contributed by atoms with van der Waals surface area (Å²) in [5.74, 6) is 0.269. The van der Waals surface area contributed by atoms with Crippen molar-refractivity contribution in [3.63, 3.8) is 0 Å². The highest BCUT2D eigenvalue weighted by atomic mass is 16.7. The monoisotopic (exact) mass is 260 g/mol. The Balaban J connectivity index is 1.72. The van der Waals surface area contributed by atoms with Gasteiger partial charge in [-0.3, -0.25) is 4.79 Å². The molecule has 102 valence electrons. The first kappa shape index (κ1) is 12.8. The number of fused-ring (bicyclic) bond motifs is 1. The van der Waals surface area contributed by atoms with Crippen LogP contribution in [0.4, 0.5) is 0 Å². The van der Waals surface area contributed by atoms with E-state index in [1.165, 1.54) is 5.56 Å². The average molecular weight is 260 g/mol. The molecule has 0 spiro atoms. The zero-order chi connectivity index (χ0) is 13.1. The van der Waals surface area contributed by atoms with Gasteiger partial charge in [-0.1, -0.05) is 18.2 Å². The van der Waals surface area contributed by atoms with Gasteiger partial charge in [0.05, 0.1) is 6.61 Å². The number of ketones is 1. The maximum Gasteiger partial charge on any atom is 0.163 e. The number of hydrogen-bond donors (Lipinski definition) is 0. The zero-order valence-electron chi connectivity index (χ0n) is 11.2. The first-order chi connectivity index (χ1) is 9.34. The molecule has 1 unspecified atom stereocenters. The molecule has 3 heteroatoms. The van der Waals surface area contributed by atoms with Gasteiger partial charge in [0.2, 0.25) is 0 Å². The van der Waals surface area contributed by atoms with E-state index in [1.807, 2.05) is 12.1 Å². The molecule has 1 aromatic rings. The van der Waals surface area contributed by atoms with Gasteiger partial charge in [0.25, 0.3) is 0 Å². The van der Waals surface area contributed by atoms with E-state index < -0.39 is 0 Å². The molecule has 3 nitrogen and oxygen atoms in total. The number of Topliss-reactive ketones (excluding diaryl/α,β-unsaturated/α-hetero) is 1. The highest BCUT2D eigenvalue weighted by molar-refractivity contribution is 5.99. The van der Waals surface area contributed by atoms with E-state index in [2.05, 4.69) is 6.07 Å². The van der Waals surface area contributed by atoms with Crippen molar-refractivity contribution >= 4 is 5.78 Å². The molecule has 0 radical (unpaired) electrons. The summed E-state index contributed by atoms with van der Waals surface area (Å²) in [6, 6.07) is 6.09. The summed E-state index contributed by atoms with van der Waals surface area (Å²) in [4.78, 5) is 12.1. The van der Waals surface area contributed by atoms with Gasteiger partial charge in [-0.05, 0) is 43.2 Å². The van der Waals surface area contributed by atoms with Crippen LogP contribution in [-0.2, 0) is 22.5 Å². The van der Waals surface area contributed by atoms with Crippen LogP contribution in [0.1, 0.15) is 53.6 Å². The summed E-state index contributed by atoms with van der Waals surface area (Å²) in [6.45, 7) is 1.27. The molecule has 1 aromatic carbocycles. The van der Waals surface area contributed by atoms with Crippen LogP contribution < -0.4 is 0 Å². The second kappa shape index (κ2) is 5.85. The van der Waals surface area contributed by atoms with Crippen LogP contribution in [0, 0.1) is 0 Å². The Morgan fingerprint density at radius 2 is 2.16 bits per heavy atom. The second-order valence-electron chi connectivity index (χ2n) is 5.34. The predicted octanol–water partition coefficient (Wildman–Crippen LogP) is 3.25. The molecule has 1 fully saturated rings. The van der Waals surface area contributed by atoms with E-state index in [-0.39, 0.29) is 12.1 Å². The molecule has 1 heterocycles. The number of ether oxygens (including phenoxy) is 2. The molecule has 1 aliphatic heterocycles. The lowest BCUT2D eigenvalue weighted by atomic mass is 9.87. The van der Waals surface area contributed by atoms with Gasteiger partial charge in [-0.2, -0.15) is 0 Å². The number of carbonyl (C=O) groups excluding carboxylic acids is 1. The number of carbonyl (C=O) groups is 1. The van der Waals surface area contributed by atoms with E-state index >= 15 is 0 Å². The van der Waals surface area contributed by atoms with Crippen LogP contribution >= 0.6 is 0 Å². The largest absolute Gasteiger partial charge is 0.353 e. The molecular formula is C16H20O3. The second-order valence-corrected chi connectivity index (χ2v) is 5.34. The first-order valence-corrected chi connectivity index (χ1v) is 7.22. The lowest BCUT2D eigenvalue weighted by molar-refractivity contribution is -0.169. The Morgan fingerprint density at radius 1 is 1.21 bits per heavy atom. The summed E-state index contributed by atoms with van der Waals surface area (Å²) in [5, 5.41) is 0. The van der Waals surface area contributed by atoms with E-state index in [0.717, 1.165) is 49.8 Å². The van der Waals surface area contributed by atoms with Gasteiger partial charge in [0.1, 0.15) is 0 Å². The topological polar surface area (TPSA) is 35.5 Å². The molecule has 1 atom stereocenters. The zero-order valence-corrected chi connectivity index (χ0v) is 11.2. The van der Waals surface area contributed by atoms with Gasteiger partial charge < -0.3 is 9.47 Å². The third-order valence-corrected chi connectivity index (χ3v) is 3.93. The van der Waals surface area contributed by atoms with Gasteiger partial charge in [-0.25, -0.2) is 0 Å². The number of aryl methyl sites for hydroxylation is 1. The van der Waals surface area contributed by atoms with Crippen LogP contribution in [0.5, 0.6) is 0 Å². The van der Waals surface area contributed by atoms with Crippen molar-refractivity contribution in [1.29, 1.82) is 0 Å². The summed E-state index contributed by atoms with van der Waals surface area (Å²) < 4.78 is 11.4. The van der Waals surface area contributed by atoms with Gasteiger partial charge in [0, 0.05) is 18.6 Å². The van der Waals surface area contributed by atoms with Crippen molar-refractivity contribution in [2.24, 2.45) is 0 Å². The highest BCUT2D eigenvalue weighted by Gasteiger charge is 2.21. The van der Waals surface area contributed by atoms with E-state index in [0.29, 0.717) is 13.0 Å². The van der Waals surface area contributed by atoms with Gasteiger partial charge in [-0.15, -0.1) is 0 Å². The number of benzene rings is 1. The van der Waals surface area contributed by atoms with E-state index in [9.17, 15) is 4.79 Å².